The minimum absolute atomic E-state index is 0.167. The Hall–Kier alpha value is -0.893. The largest absolute Gasteiger partial charge is 0.503 e. The molecular weight excluding hydrogens is 289 g/mol. The zero-order valence-electron chi connectivity index (χ0n) is 11.9. The molecule has 1 aromatic carbocycles. The van der Waals surface area contributed by atoms with Crippen molar-refractivity contribution in [1.82, 2.24) is 0 Å². The minimum Gasteiger partial charge on any atom is -0.389 e. The third kappa shape index (κ3) is 4.90. The fourth-order valence-corrected chi connectivity index (χ4v) is 4.24. The molecule has 7 heteroatoms. The van der Waals surface area contributed by atoms with Gasteiger partial charge in [-0.05, 0) is 39.3 Å². The second kappa shape index (κ2) is 6.71. The Balaban J connectivity index is 3.03. The van der Waals surface area contributed by atoms with E-state index in [1.165, 1.54) is 0 Å². The standard InChI is InChI=1S/C13H19F3O3Si/c1-8(2)18-20(17,19-9(3)4)7-10-5-12(15)13(16)6-11(10)14/h5-6,8-9,17H,7H2,1-4H3. The molecule has 1 N–H and O–H groups in total. The van der Waals surface area contributed by atoms with Crippen molar-refractivity contribution < 1.29 is 26.8 Å². The zero-order valence-corrected chi connectivity index (χ0v) is 12.9. The first-order chi connectivity index (χ1) is 9.13. The van der Waals surface area contributed by atoms with Crippen LogP contribution in [0.2, 0.25) is 0 Å². The topological polar surface area (TPSA) is 38.7 Å². The van der Waals surface area contributed by atoms with E-state index in [4.69, 9.17) is 8.85 Å². The van der Waals surface area contributed by atoms with Gasteiger partial charge in [0.1, 0.15) is 5.82 Å². The lowest BCUT2D eigenvalue weighted by molar-refractivity contribution is 0.0466. The summed E-state index contributed by atoms with van der Waals surface area (Å²) < 4.78 is 50.4. The van der Waals surface area contributed by atoms with Crippen LogP contribution in [0.1, 0.15) is 33.3 Å². The van der Waals surface area contributed by atoms with Gasteiger partial charge in [-0.15, -0.1) is 0 Å². The van der Waals surface area contributed by atoms with E-state index < -0.39 is 26.3 Å². The Morgan fingerprint density at radius 1 is 0.950 bits per heavy atom. The lowest BCUT2D eigenvalue weighted by atomic mass is 10.2. The number of rotatable bonds is 6. The summed E-state index contributed by atoms with van der Waals surface area (Å²) in [5.74, 6) is -3.38. The van der Waals surface area contributed by atoms with Gasteiger partial charge >= 0.3 is 8.80 Å². The molecule has 0 fully saturated rings. The number of hydrogen-bond acceptors (Lipinski definition) is 3. The van der Waals surface area contributed by atoms with Crippen molar-refractivity contribution in [3.8, 4) is 0 Å². The van der Waals surface area contributed by atoms with Crippen LogP contribution in [0, 0.1) is 17.5 Å². The van der Waals surface area contributed by atoms with Crippen molar-refractivity contribution in [3.63, 3.8) is 0 Å². The Morgan fingerprint density at radius 2 is 1.40 bits per heavy atom. The monoisotopic (exact) mass is 308 g/mol. The van der Waals surface area contributed by atoms with Crippen molar-refractivity contribution >= 4 is 8.80 Å². The van der Waals surface area contributed by atoms with Crippen molar-refractivity contribution in [2.45, 2.75) is 45.9 Å². The van der Waals surface area contributed by atoms with Gasteiger partial charge in [0, 0.05) is 24.3 Å². The SMILES string of the molecule is CC(C)O[Si](O)(Cc1cc(F)c(F)cc1F)OC(C)C. The van der Waals surface area contributed by atoms with E-state index in [0.29, 0.717) is 6.07 Å². The molecule has 0 unspecified atom stereocenters. The summed E-state index contributed by atoms with van der Waals surface area (Å²) in [5.41, 5.74) is -0.167. The van der Waals surface area contributed by atoms with E-state index in [-0.39, 0.29) is 23.8 Å². The first-order valence-electron chi connectivity index (χ1n) is 6.34. The Morgan fingerprint density at radius 3 is 1.85 bits per heavy atom. The van der Waals surface area contributed by atoms with E-state index in [0.717, 1.165) is 6.07 Å². The molecule has 0 saturated heterocycles. The van der Waals surface area contributed by atoms with E-state index in [1.807, 2.05) is 0 Å². The summed E-state index contributed by atoms with van der Waals surface area (Å²) in [4.78, 5) is 10.4. The third-order valence-corrected chi connectivity index (χ3v) is 4.85. The molecule has 3 nitrogen and oxygen atoms in total. The maximum Gasteiger partial charge on any atom is 0.503 e. The van der Waals surface area contributed by atoms with Crippen LogP contribution in [0.4, 0.5) is 13.2 Å². The smallest absolute Gasteiger partial charge is 0.389 e. The second-order valence-corrected chi connectivity index (χ2v) is 7.33. The highest BCUT2D eigenvalue weighted by molar-refractivity contribution is 6.58. The summed E-state index contributed by atoms with van der Waals surface area (Å²) >= 11 is 0. The van der Waals surface area contributed by atoms with Crippen LogP contribution in [0.5, 0.6) is 0 Å². The van der Waals surface area contributed by atoms with Gasteiger partial charge < -0.3 is 13.6 Å². The molecule has 0 saturated carbocycles. The van der Waals surface area contributed by atoms with E-state index in [9.17, 15) is 18.0 Å². The second-order valence-electron chi connectivity index (χ2n) is 5.08. The third-order valence-electron chi connectivity index (χ3n) is 2.34. The molecule has 0 aliphatic heterocycles. The van der Waals surface area contributed by atoms with Gasteiger partial charge in [-0.1, -0.05) is 0 Å². The van der Waals surface area contributed by atoms with Crippen molar-refractivity contribution in [2.75, 3.05) is 0 Å². The Kier molecular flexibility index (Phi) is 5.75. The number of benzene rings is 1. The molecule has 0 aromatic heterocycles. The van der Waals surface area contributed by atoms with Gasteiger partial charge in [0.15, 0.2) is 11.6 Å². The summed E-state index contributed by atoms with van der Waals surface area (Å²) in [7, 11) is -3.72. The summed E-state index contributed by atoms with van der Waals surface area (Å²) in [6.07, 6.45) is -0.669. The molecule has 114 valence electrons. The highest BCUT2D eigenvalue weighted by Gasteiger charge is 2.40. The predicted molar refractivity (Wildman–Crippen MR) is 70.4 cm³/mol. The molecular formula is C13H19F3O3Si. The van der Waals surface area contributed by atoms with Crippen LogP contribution in [0.25, 0.3) is 0 Å². The van der Waals surface area contributed by atoms with E-state index in [2.05, 4.69) is 0 Å². The maximum absolute atomic E-state index is 13.6. The van der Waals surface area contributed by atoms with Crippen LogP contribution < -0.4 is 0 Å². The van der Waals surface area contributed by atoms with Crippen molar-refractivity contribution in [2.24, 2.45) is 0 Å². The van der Waals surface area contributed by atoms with Gasteiger partial charge in [-0.3, -0.25) is 0 Å². The molecule has 0 spiro atoms. The minimum atomic E-state index is -3.72. The van der Waals surface area contributed by atoms with Gasteiger partial charge in [0.2, 0.25) is 0 Å². The fourth-order valence-electron chi connectivity index (χ4n) is 1.79. The lowest BCUT2D eigenvalue weighted by Gasteiger charge is -2.28. The number of hydrogen-bond donors (Lipinski definition) is 1. The molecule has 0 bridgehead atoms. The molecule has 1 rings (SSSR count). The van der Waals surface area contributed by atoms with E-state index >= 15 is 0 Å². The molecule has 0 atom stereocenters. The fraction of sp³-hybridized carbons (Fsp3) is 0.538. The van der Waals surface area contributed by atoms with Crippen LogP contribution in [0.15, 0.2) is 12.1 Å². The van der Waals surface area contributed by atoms with Crippen LogP contribution in [-0.2, 0) is 14.9 Å². The molecule has 1 aromatic rings. The van der Waals surface area contributed by atoms with Gasteiger partial charge in [-0.25, -0.2) is 13.2 Å². The molecule has 0 radical (unpaired) electrons. The summed E-state index contributed by atoms with van der Waals surface area (Å²) in [6, 6.07) is 0.854. The average molecular weight is 308 g/mol. The Bertz CT molecular complexity index is 456. The quantitative estimate of drug-likeness (QED) is 0.648. The molecule has 20 heavy (non-hydrogen) atoms. The Labute approximate surface area is 117 Å². The molecule has 0 heterocycles. The predicted octanol–water partition coefficient (Wildman–Crippen LogP) is 2.97. The highest BCUT2D eigenvalue weighted by Crippen LogP contribution is 2.21. The molecule has 0 aliphatic rings. The van der Waals surface area contributed by atoms with Gasteiger partial charge in [-0.2, -0.15) is 0 Å². The van der Waals surface area contributed by atoms with Crippen LogP contribution >= 0.6 is 0 Å². The van der Waals surface area contributed by atoms with Crippen molar-refractivity contribution in [1.29, 1.82) is 0 Å². The van der Waals surface area contributed by atoms with E-state index in [1.54, 1.807) is 27.7 Å². The molecule has 0 aliphatic carbocycles. The summed E-state index contributed by atoms with van der Waals surface area (Å²) in [6.45, 7) is 6.79. The first kappa shape index (κ1) is 17.2. The molecule has 0 amide bonds. The van der Waals surface area contributed by atoms with Crippen LogP contribution in [-0.4, -0.2) is 25.8 Å². The summed E-state index contributed by atoms with van der Waals surface area (Å²) in [5, 5.41) is 0. The normalized spacial score (nSPS) is 12.5. The van der Waals surface area contributed by atoms with Gasteiger partial charge in [0.05, 0.1) is 0 Å². The van der Waals surface area contributed by atoms with Gasteiger partial charge in [0.25, 0.3) is 0 Å². The zero-order chi connectivity index (χ0) is 15.5. The highest BCUT2D eigenvalue weighted by atomic mass is 28.4. The average Bonchev–Trinajstić information content (AvgIpc) is 2.22. The van der Waals surface area contributed by atoms with Crippen molar-refractivity contribution in [3.05, 3.63) is 35.1 Å². The van der Waals surface area contributed by atoms with Crippen LogP contribution in [0.3, 0.4) is 0 Å². The maximum atomic E-state index is 13.6. The lowest BCUT2D eigenvalue weighted by Crippen LogP contribution is -2.49. The number of halogens is 3. The first-order valence-corrected chi connectivity index (χ1v) is 8.31.